The Bertz CT molecular complexity index is 1530. The summed E-state index contributed by atoms with van der Waals surface area (Å²) in [7, 11) is -4.31. The third kappa shape index (κ3) is 9.21. The van der Waals surface area contributed by atoms with Crippen molar-refractivity contribution in [3.8, 4) is 0 Å². The van der Waals surface area contributed by atoms with E-state index in [0.29, 0.717) is 22.4 Å². The molecule has 0 bridgehead atoms. The molecule has 7 nitrogen and oxygen atoms in total. The van der Waals surface area contributed by atoms with Crippen LogP contribution in [-0.4, -0.2) is 50.0 Å². The quantitative estimate of drug-likeness (QED) is 0.264. The van der Waals surface area contributed by atoms with Crippen LogP contribution in [0.1, 0.15) is 42.5 Å². The van der Waals surface area contributed by atoms with Gasteiger partial charge in [0.15, 0.2) is 0 Å². The van der Waals surface area contributed by atoms with Gasteiger partial charge in [-0.1, -0.05) is 73.1 Å². The zero-order chi connectivity index (χ0) is 31.9. The van der Waals surface area contributed by atoms with E-state index in [-0.39, 0.29) is 24.0 Å². The van der Waals surface area contributed by atoms with E-state index in [2.05, 4.69) is 5.32 Å². The second-order valence-electron chi connectivity index (χ2n) is 10.4. The van der Waals surface area contributed by atoms with Crippen LogP contribution in [0.3, 0.4) is 0 Å². The lowest BCUT2D eigenvalue weighted by Gasteiger charge is -2.34. The number of nitrogens with one attached hydrogen (secondary N) is 1. The lowest BCUT2D eigenvalue weighted by Crippen LogP contribution is -2.54. The van der Waals surface area contributed by atoms with Crippen molar-refractivity contribution in [2.45, 2.75) is 58.4 Å². The van der Waals surface area contributed by atoms with E-state index in [1.165, 1.54) is 4.90 Å². The summed E-state index contributed by atoms with van der Waals surface area (Å²) in [6, 6.07) is 17.3. The molecule has 3 aromatic carbocycles. The Morgan fingerprint density at radius 3 is 2.21 bits per heavy atom. The van der Waals surface area contributed by atoms with Crippen LogP contribution in [0.25, 0.3) is 0 Å². The molecule has 0 saturated heterocycles. The predicted molar refractivity (Wildman–Crippen MR) is 162 cm³/mol. The number of anilines is 1. The molecule has 0 aliphatic heterocycles. The standard InChI is InChI=1S/C31H35ClF3N3O4S/c1-5-22(3)36-30(40)28(17-23-12-7-6-8-13-23)37(19-24-14-10-9-11-21(24)2)29(39)20-38(43(4,41)42)27-18-25(31(33,34)35)15-16-26(27)32/h6-16,18,22,28H,5,17,19-20H2,1-4H3,(H,36,40)/t22-,28-/m1/s1. The van der Waals surface area contributed by atoms with Crippen molar-refractivity contribution in [1.29, 1.82) is 0 Å². The molecular formula is C31H35ClF3N3O4S. The number of sulfonamides is 1. The maximum absolute atomic E-state index is 14.1. The lowest BCUT2D eigenvalue weighted by atomic mass is 10.0. The molecule has 12 heteroatoms. The Kier molecular flexibility index (Phi) is 11.3. The highest BCUT2D eigenvalue weighted by Gasteiger charge is 2.36. The number of amides is 2. The molecule has 0 radical (unpaired) electrons. The average Bonchev–Trinajstić information content (AvgIpc) is 2.94. The highest BCUT2D eigenvalue weighted by Crippen LogP contribution is 2.36. The summed E-state index contributed by atoms with van der Waals surface area (Å²) in [6.45, 7) is 4.63. The third-order valence-corrected chi connectivity index (χ3v) is 8.54. The van der Waals surface area contributed by atoms with Gasteiger partial charge in [0.25, 0.3) is 0 Å². The Labute approximate surface area is 255 Å². The minimum atomic E-state index is -4.78. The van der Waals surface area contributed by atoms with E-state index in [1.54, 1.807) is 24.3 Å². The van der Waals surface area contributed by atoms with Crippen LogP contribution in [0.4, 0.5) is 18.9 Å². The highest BCUT2D eigenvalue weighted by molar-refractivity contribution is 7.92. The average molecular weight is 638 g/mol. The number of rotatable bonds is 12. The first-order chi connectivity index (χ1) is 20.1. The number of hydrogen-bond acceptors (Lipinski definition) is 4. The fraction of sp³-hybridized carbons (Fsp3) is 0.355. The molecule has 0 aliphatic rings. The van der Waals surface area contributed by atoms with Crippen molar-refractivity contribution in [3.05, 3.63) is 100 Å². The van der Waals surface area contributed by atoms with E-state index in [0.717, 1.165) is 29.5 Å². The Morgan fingerprint density at radius 2 is 1.63 bits per heavy atom. The van der Waals surface area contributed by atoms with Crippen molar-refractivity contribution >= 4 is 39.1 Å². The number of hydrogen-bond donors (Lipinski definition) is 1. The molecule has 3 aromatic rings. The first kappa shape index (κ1) is 33.9. The molecule has 0 aromatic heterocycles. The van der Waals surface area contributed by atoms with Gasteiger partial charge in [0, 0.05) is 19.0 Å². The minimum Gasteiger partial charge on any atom is -0.352 e. The van der Waals surface area contributed by atoms with Gasteiger partial charge in [-0.2, -0.15) is 13.2 Å². The van der Waals surface area contributed by atoms with Crippen LogP contribution >= 0.6 is 11.6 Å². The van der Waals surface area contributed by atoms with Gasteiger partial charge in [0.1, 0.15) is 12.6 Å². The number of aryl methyl sites for hydroxylation is 1. The van der Waals surface area contributed by atoms with Gasteiger partial charge in [-0.05, 0) is 55.2 Å². The zero-order valence-corrected chi connectivity index (χ0v) is 25.9. The van der Waals surface area contributed by atoms with E-state index < -0.39 is 51.9 Å². The number of carbonyl (C=O) groups excluding carboxylic acids is 2. The molecule has 0 spiro atoms. The number of nitrogens with zero attached hydrogens (tertiary/aromatic N) is 2. The Morgan fingerprint density at radius 1 is 1.00 bits per heavy atom. The molecule has 0 unspecified atom stereocenters. The normalized spacial score (nSPS) is 13.2. The van der Waals surface area contributed by atoms with Crippen molar-refractivity contribution in [2.24, 2.45) is 0 Å². The van der Waals surface area contributed by atoms with Crippen LogP contribution in [0.2, 0.25) is 5.02 Å². The number of alkyl halides is 3. The molecule has 0 fully saturated rings. The summed E-state index contributed by atoms with van der Waals surface area (Å²) in [5, 5.41) is 2.64. The molecular weight excluding hydrogens is 603 g/mol. The van der Waals surface area contributed by atoms with Crippen LogP contribution in [0.15, 0.2) is 72.8 Å². The lowest BCUT2D eigenvalue weighted by molar-refractivity contribution is -0.140. The van der Waals surface area contributed by atoms with Crippen LogP contribution in [-0.2, 0) is 38.8 Å². The van der Waals surface area contributed by atoms with Gasteiger partial charge in [0.05, 0.1) is 22.5 Å². The molecule has 1 N–H and O–H groups in total. The van der Waals surface area contributed by atoms with Gasteiger partial charge in [0.2, 0.25) is 21.8 Å². The SMILES string of the molecule is CC[C@@H](C)NC(=O)[C@@H](Cc1ccccc1)N(Cc1ccccc1C)C(=O)CN(c1cc(C(F)(F)F)ccc1Cl)S(C)(=O)=O. The first-order valence-corrected chi connectivity index (χ1v) is 15.9. The van der Waals surface area contributed by atoms with Crippen LogP contribution < -0.4 is 9.62 Å². The summed E-state index contributed by atoms with van der Waals surface area (Å²) in [6.07, 6.45) is -3.26. The first-order valence-electron chi connectivity index (χ1n) is 13.6. The molecule has 3 rings (SSSR count). The molecule has 0 saturated carbocycles. The zero-order valence-electron chi connectivity index (χ0n) is 24.4. The molecule has 0 heterocycles. The highest BCUT2D eigenvalue weighted by atomic mass is 35.5. The van der Waals surface area contributed by atoms with Crippen molar-refractivity contribution < 1.29 is 31.2 Å². The van der Waals surface area contributed by atoms with E-state index in [9.17, 15) is 31.2 Å². The van der Waals surface area contributed by atoms with E-state index in [1.807, 2.05) is 51.1 Å². The summed E-state index contributed by atoms with van der Waals surface area (Å²) in [5.41, 5.74) is 0.692. The van der Waals surface area contributed by atoms with Gasteiger partial charge < -0.3 is 10.2 Å². The van der Waals surface area contributed by atoms with Crippen molar-refractivity contribution in [1.82, 2.24) is 10.2 Å². The largest absolute Gasteiger partial charge is 0.416 e. The molecule has 43 heavy (non-hydrogen) atoms. The Balaban J connectivity index is 2.13. The van der Waals surface area contributed by atoms with E-state index in [4.69, 9.17) is 11.6 Å². The van der Waals surface area contributed by atoms with Gasteiger partial charge in [-0.3, -0.25) is 13.9 Å². The van der Waals surface area contributed by atoms with Crippen molar-refractivity contribution in [2.75, 3.05) is 17.1 Å². The van der Waals surface area contributed by atoms with Crippen molar-refractivity contribution in [3.63, 3.8) is 0 Å². The third-order valence-electron chi connectivity index (χ3n) is 7.10. The number of benzene rings is 3. The minimum absolute atomic E-state index is 0.0507. The molecule has 0 aliphatic carbocycles. The van der Waals surface area contributed by atoms with Gasteiger partial charge in [-0.25, -0.2) is 8.42 Å². The summed E-state index contributed by atoms with van der Waals surface area (Å²) in [5.74, 6) is -1.23. The topological polar surface area (TPSA) is 86.8 Å². The van der Waals surface area contributed by atoms with Crippen LogP contribution in [0.5, 0.6) is 0 Å². The molecule has 2 amide bonds. The second-order valence-corrected chi connectivity index (χ2v) is 12.7. The van der Waals surface area contributed by atoms with E-state index >= 15 is 0 Å². The Hall–Kier alpha value is -3.57. The predicted octanol–water partition coefficient (Wildman–Crippen LogP) is 5.99. The molecule has 232 valence electrons. The van der Waals surface area contributed by atoms with Gasteiger partial charge in [-0.15, -0.1) is 0 Å². The van der Waals surface area contributed by atoms with Crippen LogP contribution in [0, 0.1) is 6.92 Å². The number of carbonyl (C=O) groups is 2. The smallest absolute Gasteiger partial charge is 0.352 e. The summed E-state index contributed by atoms with van der Waals surface area (Å²) in [4.78, 5) is 29.1. The number of halogens is 4. The fourth-order valence-corrected chi connectivity index (χ4v) is 5.56. The maximum Gasteiger partial charge on any atom is 0.416 e. The second kappa shape index (κ2) is 14.3. The maximum atomic E-state index is 14.1. The fourth-order valence-electron chi connectivity index (χ4n) is 4.44. The van der Waals surface area contributed by atoms with Gasteiger partial charge >= 0.3 is 6.18 Å². The summed E-state index contributed by atoms with van der Waals surface area (Å²) < 4.78 is 67.0. The monoisotopic (exact) mass is 637 g/mol. The summed E-state index contributed by atoms with van der Waals surface area (Å²) >= 11 is 6.19. The molecule has 2 atom stereocenters.